The van der Waals surface area contributed by atoms with Crippen LogP contribution in [0.1, 0.15) is 29.4 Å². The molecule has 0 spiro atoms. The molecule has 0 saturated heterocycles. The van der Waals surface area contributed by atoms with E-state index in [-0.39, 0.29) is 11.9 Å². The van der Waals surface area contributed by atoms with Gasteiger partial charge in [-0.1, -0.05) is 41.9 Å². The number of halogens is 1. The van der Waals surface area contributed by atoms with Gasteiger partial charge in [0.1, 0.15) is 5.69 Å². The summed E-state index contributed by atoms with van der Waals surface area (Å²) in [6.07, 6.45) is 3.35. The van der Waals surface area contributed by atoms with Gasteiger partial charge in [-0.15, -0.1) is 0 Å². The van der Waals surface area contributed by atoms with Crippen LogP contribution in [0.25, 0.3) is 0 Å². The van der Waals surface area contributed by atoms with E-state index >= 15 is 0 Å². The van der Waals surface area contributed by atoms with Crippen molar-refractivity contribution in [2.24, 2.45) is 0 Å². The molecule has 2 aromatic rings. The van der Waals surface area contributed by atoms with Gasteiger partial charge < -0.3 is 5.32 Å². The van der Waals surface area contributed by atoms with Crippen molar-refractivity contribution in [2.45, 2.75) is 25.8 Å². The van der Waals surface area contributed by atoms with Gasteiger partial charge in [0.2, 0.25) is 0 Å². The Morgan fingerprint density at radius 3 is 2.75 bits per heavy atom. The summed E-state index contributed by atoms with van der Waals surface area (Å²) in [7, 11) is 0. The Morgan fingerprint density at radius 1 is 1.30 bits per heavy atom. The average Bonchev–Trinajstić information content (AvgIpc) is 2.46. The van der Waals surface area contributed by atoms with Crippen molar-refractivity contribution < 1.29 is 4.79 Å². The van der Waals surface area contributed by atoms with Gasteiger partial charge in [-0.3, -0.25) is 9.78 Å². The molecule has 4 heteroatoms. The summed E-state index contributed by atoms with van der Waals surface area (Å²) in [5, 5.41) is 3.45. The molecule has 1 atom stereocenters. The Hall–Kier alpha value is -1.87. The maximum atomic E-state index is 12.0. The Bertz CT molecular complexity index is 572. The smallest absolute Gasteiger partial charge is 0.270 e. The van der Waals surface area contributed by atoms with Crippen LogP contribution in [0, 0.1) is 0 Å². The summed E-state index contributed by atoms with van der Waals surface area (Å²) in [6, 6.07) is 13.5. The first kappa shape index (κ1) is 14.5. The minimum atomic E-state index is -0.187. The van der Waals surface area contributed by atoms with Crippen LogP contribution in [-0.2, 0) is 6.42 Å². The first-order valence-electron chi connectivity index (χ1n) is 6.61. The number of pyridine rings is 1. The van der Waals surface area contributed by atoms with E-state index in [4.69, 9.17) is 11.6 Å². The number of hydrogen-bond acceptors (Lipinski definition) is 2. The normalized spacial score (nSPS) is 11.9. The standard InChI is InChI=1S/C16H17ClN2O/c1-12(7-8-13-5-3-2-4-6-13)19-16(20)15-11-14(17)9-10-18-15/h2-6,9-12H,7-8H2,1H3,(H,19,20)/t12-/m1/s1. The molecule has 20 heavy (non-hydrogen) atoms. The van der Waals surface area contributed by atoms with E-state index in [9.17, 15) is 4.79 Å². The molecule has 3 nitrogen and oxygen atoms in total. The lowest BCUT2D eigenvalue weighted by molar-refractivity contribution is 0.0933. The molecule has 1 aromatic carbocycles. The molecule has 0 aliphatic carbocycles. The number of hydrogen-bond donors (Lipinski definition) is 1. The fourth-order valence-electron chi connectivity index (χ4n) is 1.93. The third kappa shape index (κ3) is 4.35. The number of benzene rings is 1. The lowest BCUT2D eigenvalue weighted by Crippen LogP contribution is -2.33. The van der Waals surface area contributed by atoms with Crippen molar-refractivity contribution in [2.75, 3.05) is 0 Å². The molecular weight excluding hydrogens is 272 g/mol. The Balaban J connectivity index is 1.85. The number of amides is 1. The van der Waals surface area contributed by atoms with E-state index in [2.05, 4.69) is 22.4 Å². The fraction of sp³-hybridized carbons (Fsp3) is 0.250. The lowest BCUT2D eigenvalue weighted by atomic mass is 10.1. The number of aryl methyl sites for hydroxylation is 1. The molecule has 1 N–H and O–H groups in total. The minimum Gasteiger partial charge on any atom is -0.348 e. The van der Waals surface area contributed by atoms with Crippen LogP contribution in [-0.4, -0.2) is 16.9 Å². The summed E-state index contributed by atoms with van der Waals surface area (Å²) in [6.45, 7) is 1.99. The van der Waals surface area contributed by atoms with E-state index in [1.54, 1.807) is 12.1 Å². The van der Waals surface area contributed by atoms with Crippen molar-refractivity contribution >= 4 is 17.5 Å². The maximum Gasteiger partial charge on any atom is 0.270 e. The second-order valence-corrected chi connectivity index (χ2v) is 5.19. The van der Waals surface area contributed by atoms with Crippen LogP contribution < -0.4 is 5.32 Å². The van der Waals surface area contributed by atoms with E-state index in [0.29, 0.717) is 10.7 Å². The van der Waals surface area contributed by atoms with Crippen molar-refractivity contribution in [3.8, 4) is 0 Å². The predicted octanol–water partition coefficient (Wildman–Crippen LogP) is 3.49. The summed E-state index contributed by atoms with van der Waals surface area (Å²) in [5.74, 6) is -0.187. The highest BCUT2D eigenvalue weighted by Gasteiger charge is 2.11. The van der Waals surface area contributed by atoms with Crippen LogP contribution >= 0.6 is 11.6 Å². The first-order valence-corrected chi connectivity index (χ1v) is 6.99. The van der Waals surface area contributed by atoms with Crippen molar-refractivity contribution in [3.05, 3.63) is 64.9 Å². The van der Waals surface area contributed by atoms with Crippen LogP contribution in [0.4, 0.5) is 0 Å². The largest absolute Gasteiger partial charge is 0.348 e. The van der Waals surface area contributed by atoms with Gasteiger partial charge in [0.05, 0.1) is 0 Å². The summed E-state index contributed by atoms with van der Waals surface area (Å²) in [4.78, 5) is 16.0. The maximum absolute atomic E-state index is 12.0. The topological polar surface area (TPSA) is 42.0 Å². The van der Waals surface area contributed by atoms with Crippen LogP contribution in [0.5, 0.6) is 0 Å². The van der Waals surface area contributed by atoms with Crippen LogP contribution in [0.2, 0.25) is 5.02 Å². The Labute approximate surface area is 124 Å². The van der Waals surface area contributed by atoms with Crippen molar-refractivity contribution in [1.82, 2.24) is 10.3 Å². The number of rotatable bonds is 5. The monoisotopic (exact) mass is 288 g/mol. The van der Waals surface area contributed by atoms with E-state index < -0.39 is 0 Å². The average molecular weight is 289 g/mol. The first-order chi connectivity index (χ1) is 9.65. The van der Waals surface area contributed by atoms with Gasteiger partial charge >= 0.3 is 0 Å². The zero-order valence-electron chi connectivity index (χ0n) is 11.3. The van der Waals surface area contributed by atoms with E-state index in [1.807, 2.05) is 25.1 Å². The fourth-order valence-corrected chi connectivity index (χ4v) is 2.09. The van der Waals surface area contributed by atoms with Crippen molar-refractivity contribution in [1.29, 1.82) is 0 Å². The summed E-state index contributed by atoms with van der Waals surface area (Å²) >= 11 is 5.85. The molecule has 2 rings (SSSR count). The predicted molar refractivity (Wildman–Crippen MR) is 80.9 cm³/mol. The lowest BCUT2D eigenvalue weighted by Gasteiger charge is -2.13. The number of carbonyl (C=O) groups excluding carboxylic acids is 1. The van der Waals surface area contributed by atoms with Gasteiger partial charge in [-0.05, 0) is 37.5 Å². The Morgan fingerprint density at radius 2 is 2.05 bits per heavy atom. The van der Waals surface area contributed by atoms with Crippen molar-refractivity contribution in [3.63, 3.8) is 0 Å². The molecular formula is C16H17ClN2O. The summed E-state index contributed by atoms with van der Waals surface area (Å²) < 4.78 is 0. The van der Waals surface area contributed by atoms with Gasteiger partial charge in [0.25, 0.3) is 5.91 Å². The minimum absolute atomic E-state index is 0.0866. The highest BCUT2D eigenvalue weighted by Crippen LogP contribution is 2.09. The zero-order chi connectivity index (χ0) is 14.4. The molecule has 104 valence electrons. The molecule has 0 unspecified atom stereocenters. The van der Waals surface area contributed by atoms with Gasteiger partial charge in [0.15, 0.2) is 0 Å². The van der Waals surface area contributed by atoms with E-state index in [1.165, 1.54) is 11.8 Å². The molecule has 0 radical (unpaired) electrons. The number of nitrogens with one attached hydrogen (secondary N) is 1. The quantitative estimate of drug-likeness (QED) is 0.915. The molecule has 0 aliphatic heterocycles. The molecule has 1 aromatic heterocycles. The van der Waals surface area contributed by atoms with Gasteiger partial charge in [0, 0.05) is 17.3 Å². The molecule has 0 fully saturated rings. The molecule has 0 bridgehead atoms. The van der Waals surface area contributed by atoms with Crippen LogP contribution in [0.15, 0.2) is 48.7 Å². The number of nitrogens with zero attached hydrogens (tertiary/aromatic N) is 1. The number of aromatic nitrogens is 1. The van der Waals surface area contributed by atoms with Gasteiger partial charge in [-0.2, -0.15) is 0 Å². The SMILES string of the molecule is C[C@H](CCc1ccccc1)NC(=O)c1cc(Cl)ccn1. The molecule has 1 amide bonds. The second-order valence-electron chi connectivity index (χ2n) is 4.76. The molecule has 1 heterocycles. The van der Waals surface area contributed by atoms with Crippen LogP contribution in [0.3, 0.4) is 0 Å². The number of carbonyl (C=O) groups is 1. The summed E-state index contributed by atoms with van der Waals surface area (Å²) in [5.41, 5.74) is 1.62. The zero-order valence-corrected chi connectivity index (χ0v) is 12.1. The Kier molecular flexibility index (Phi) is 5.13. The second kappa shape index (κ2) is 7.06. The van der Waals surface area contributed by atoms with E-state index in [0.717, 1.165) is 12.8 Å². The highest BCUT2D eigenvalue weighted by atomic mass is 35.5. The molecule has 0 aliphatic rings. The molecule has 0 saturated carbocycles. The highest BCUT2D eigenvalue weighted by molar-refractivity contribution is 6.30. The third-order valence-electron chi connectivity index (χ3n) is 3.04. The van der Waals surface area contributed by atoms with Gasteiger partial charge in [-0.25, -0.2) is 0 Å². The third-order valence-corrected chi connectivity index (χ3v) is 3.28.